The summed E-state index contributed by atoms with van der Waals surface area (Å²) in [7, 11) is 3.83. The Balaban J connectivity index is 1.47. The summed E-state index contributed by atoms with van der Waals surface area (Å²) in [4.78, 5) is 2.54. The van der Waals surface area contributed by atoms with Crippen LogP contribution in [-0.2, 0) is 18.3 Å². The van der Waals surface area contributed by atoms with E-state index in [2.05, 4.69) is 35.4 Å². The zero-order valence-corrected chi connectivity index (χ0v) is 16.9. The van der Waals surface area contributed by atoms with Crippen molar-refractivity contribution in [3.63, 3.8) is 0 Å². The highest BCUT2D eigenvalue weighted by molar-refractivity contribution is 5.63. The van der Waals surface area contributed by atoms with E-state index in [-0.39, 0.29) is 0 Å². The number of nitrogens with zero attached hydrogens (tertiary/aromatic N) is 3. The Morgan fingerprint density at radius 3 is 2.59 bits per heavy atom. The SMILES string of the molecule is COCC1CCN(Cc2cn(C)nc2-c2ccc(C3CCCCC3)cc2)C1. The number of hydrogen-bond donors (Lipinski definition) is 0. The minimum absolute atomic E-state index is 0.671. The number of aryl methyl sites for hydroxylation is 1. The van der Waals surface area contributed by atoms with Crippen LogP contribution in [0, 0.1) is 5.92 Å². The number of rotatable bonds is 6. The molecular formula is C23H33N3O. The first-order chi connectivity index (χ1) is 13.2. The van der Waals surface area contributed by atoms with Gasteiger partial charge in [0.25, 0.3) is 0 Å². The zero-order valence-electron chi connectivity index (χ0n) is 16.9. The van der Waals surface area contributed by atoms with Gasteiger partial charge in [0.05, 0.1) is 12.3 Å². The monoisotopic (exact) mass is 367 g/mol. The molecule has 1 saturated heterocycles. The second-order valence-corrected chi connectivity index (χ2v) is 8.48. The fourth-order valence-electron chi connectivity index (χ4n) is 4.91. The van der Waals surface area contributed by atoms with Gasteiger partial charge >= 0.3 is 0 Å². The van der Waals surface area contributed by atoms with E-state index in [0.29, 0.717) is 5.92 Å². The quantitative estimate of drug-likeness (QED) is 0.747. The molecule has 2 heterocycles. The molecule has 4 nitrogen and oxygen atoms in total. The molecule has 0 radical (unpaired) electrons. The molecule has 27 heavy (non-hydrogen) atoms. The average molecular weight is 368 g/mol. The maximum atomic E-state index is 5.34. The van der Waals surface area contributed by atoms with E-state index in [1.807, 2.05) is 11.7 Å². The molecule has 0 N–H and O–H groups in total. The third kappa shape index (κ3) is 4.44. The van der Waals surface area contributed by atoms with Gasteiger partial charge in [0, 0.05) is 44.6 Å². The number of ether oxygens (including phenoxy) is 1. The molecule has 0 amide bonds. The second-order valence-electron chi connectivity index (χ2n) is 8.48. The normalized spacial score (nSPS) is 21.8. The Bertz CT molecular complexity index is 731. The Labute approximate surface area is 163 Å². The van der Waals surface area contributed by atoms with Crippen molar-refractivity contribution in [1.29, 1.82) is 0 Å². The summed E-state index contributed by atoms with van der Waals surface area (Å²) in [5.41, 5.74) is 5.24. The van der Waals surface area contributed by atoms with Crippen LogP contribution < -0.4 is 0 Å². The van der Waals surface area contributed by atoms with Crippen LogP contribution in [0.2, 0.25) is 0 Å². The molecule has 1 unspecified atom stereocenters. The van der Waals surface area contributed by atoms with Crippen molar-refractivity contribution in [2.24, 2.45) is 13.0 Å². The zero-order chi connectivity index (χ0) is 18.6. The van der Waals surface area contributed by atoms with E-state index >= 15 is 0 Å². The number of likely N-dealkylation sites (tertiary alicyclic amines) is 1. The Kier molecular flexibility index (Phi) is 5.94. The largest absolute Gasteiger partial charge is 0.384 e. The van der Waals surface area contributed by atoms with Crippen molar-refractivity contribution < 1.29 is 4.74 Å². The highest BCUT2D eigenvalue weighted by Crippen LogP contribution is 2.34. The first-order valence-electron chi connectivity index (χ1n) is 10.6. The Hall–Kier alpha value is -1.65. The third-order valence-electron chi connectivity index (χ3n) is 6.33. The molecule has 1 saturated carbocycles. The van der Waals surface area contributed by atoms with Crippen LogP contribution in [0.3, 0.4) is 0 Å². The Morgan fingerprint density at radius 2 is 1.85 bits per heavy atom. The number of aromatic nitrogens is 2. The molecule has 1 aromatic heterocycles. The van der Waals surface area contributed by atoms with E-state index in [4.69, 9.17) is 9.84 Å². The first kappa shape index (κ1) is 18.7. The predicted octanol–water partition coefficient (Wildman–Crippen LogP) is 4.60. The second kappa shape index (κ2) is 8.57. The van der Waals surface area contributed by atoms with Gasteiger partial charge in [-0.05, 0) is 43.2 Å². The lowest BCUT2D eigenvalue weighted by molar-refractivity contribution is 0.152. The van der Waals surface area contributed by atoms with Gasteiger partial charge in [-0.3, -0.25) is 9.58 Å². The molecule has 1 aliphatic carbocycles. The van der Waals surface area contributed by atoms with Crippen molar-refractivity contribution in [2.75, 3.05) is 26.8 Å². The van der Waals surface area contributed by atoms with E-state index in [0.717, 1.165) is 37.9 Å². The van der Waals surface area contributed by atoms with E-state index in [1.54, 1.807) is 7.11 Å². The molecule has 0 bridgehead atoms. The van der Waals surface area contributed by atoms with Gasteiger partial charge < -0.3 is 4.74 Å². The lowest BCUT2D eigenvalue weighted by Gasteiger charge is -2.22. The summed E-state index contributed by atoms with van der Waals surface area (Å²) in [5.74, 6) is 1.43. The van der Waals surface area contributed by atoms with Crippen molar-refractivity contribution in [3.05, 3.63) is 41.6 Å². The summed E-state index contributed by atoms with van der Waals surface area (Å²) >= 11 is 0. The fourth-order valence-corrected chi connectivity index (χ4v) is 4.91. The highest BCUT2D eigenvalue weighted by Gasteiger charge is 2.24. The van der Waals surface area contributed by atoms with Crippen molar-refractivity contribution in [2.45, 2.75) is 51.0 Å². The summed E-state index contributed by atoms with van der Waals surface area (Å²) in [6, 6.07) is 9.25. The molecule has 4 rings (SSSR count). The van der Waals surface area contributed by atoms with Crippen LogP contribution in [0.1, 0.15) is 55.6 Å². The smallest absolute Gasteiger partial charge is 0.0968 e. The molecule has 1 aliphatic heterocycles. The van der Waals surface area contributed by atoms with Gasteiger partial charge in [0.1, 0.15) is 0 Å². The molecule has 146 valence electrons. The summed E-state index contributed by atoms with van der Waals surface area (Å²) in [5, 5.41) is 4.79. The summed E-state index contributed by atoms with van der Waals surface area (Å²) < 4.78 is 7.30. The van der Waals surface area contributed by atoms with Crippen molar-refractivity contribution in [1.82, 2.24) is 14.7 Å². The lowest BCUT2D eigenvalue weighted by atomic mass is 9.84. The average Bonchev–Trinajstić information content (AvgIpc) is 3.29. The molecule has 4 heteroatoms. The molecule has 1 atom stereocenters. The fraction of sp³-hybridized carbons (Fsp3) is 0.609. The molecule has 2 fully saturated rings. The molecule has 1 aromatic carbocycles. The van der Waals surface area contributed by atoms with Gasteiger partial charge in [0.2, 0.25) is 0 Å². The number of methoxy groups -OCH3 is 1. The van der Waals surface area contributed by atoms with E-state index in [9.17, 15) is 0 Å². The number of hydrogen-bond acceptors (Lipinski definition) is 3. The van der Waals surface area contributed by atoms with Gasteiger partial charge in [0.15, 0.2) is 0 Å². The minimum Gasteiger partial charge on any atom is -0.384 e. The minimum atomic E-state index is 0.671. The summed E-state index contributed by atoms with van der Waals surface area (Å²) in [6.07, 6.45) is 10.3. The summed E-state index contributed by atoms with van der Waals surface area (Å²) in [6.45, 7) is 4.14. The highest BCUT2D eigenvalue weighted by atomic mass is 16.5. The number of benzene rings is 1. The molecule has 2 aliphatic rings. The van der Waals surface area contributed by atoms with Crippen LogP contribution in [0.5, 0.6) is 0 Å². The van der Waals surface area contributed by atoms with Crippen molar-refractivity contribution in [3.8, 4) is 11.3 Å². The van der Waals surface area contributed by atoms with Crippen molar-refractivity contribution >= 4 is 0 Å². The molecule has 2 aromatic rings. The molecular weight excluding hydrogens is 334 g/mol. The maximum Gasteiger partial charge on any atom is 0.0968 e. The standard InChI is InChI=1S/C23H33N3O/c1-25-15-22(16-26-13-12-18(14-26)17-27-2)23(24-25)21-10-8-20(9-11-21)19-6-4-3-5-7-19/h8-11,15,18-19H,3-7,12-14,16-17H2,1-2H3. The topological polar surface area (TPSA) is 30.3 Å². The van der Waals surface area contributed by atoms with Gasteiger partial charge in [-0.1, -0.05) is 43.5 Å². The lowest BCUT2D eigenvalue weighted by Crippen LogP contribution is -2.21. The maximum absolute atomic E-state index is 5.34. The predicted molar refractivity (Wildman–Crippen MR) is 110 cm³/mol. The molecule has 0 spiro atoms. The first-order valence-corrected chi connectivity index (χ1v) is 10.6. The third-order valence-corrected chi connectivity index (χ3v) is 6.33. The van der Waals surface area contributed by atoms with Crippen LogP contribution >= 0.6 is 0 Å². The van der Waals surface area contributed by atoms with Gasteiger partial charge in [-0.15, -0.1) is 0 Å². The Morgan fingerprint density at radius 1 is 1.07 bits per heavy atom. The van der Waals surface area contributed by atoms with Gasteiger partial charge in [-0.2, -0.15) is 5.10 Å². The van der Waals surface area contributed by atoms with Crippen LogP contribution in [-0.4, -0.2) is 41.5 Å². The van der Waals surface area contributed by atoms with E-state index < -0.39 is 0 Å². The van der Waals surface area contributed by atoms with Gasteiger partial charge in [-0.25, -0.2) is 0 Å². The van der Waals surface area contributed by atoms with Crippen LogP contribution in [0.15, 0.2) is 30.5 Å². The van der Waals surface area contributed by atoms with Crippen LogP contribution in [0.25, 0.3) is 11.3 Å². The van der Waals surface area contributed by atoms with Crippen LogP contribution in [0.4, 0.5) is 0 Å². The van der Waals surface area contributed by atoms with E-state index in [1.165, 1.54) is 55.2 Å².